The third kappa shape index (κ3) is 2.90. The monoisotopic (exact) mass is 253 g/mol. The standard InChI is InChI=1S/C17H19NO/c1-13-3-2-4-16(11-13)18-9-7-14-5-6-17-15(12-14)8-10-19-17/h2-6,11-12,18H,7-10H2,1H3. The summed E-state index contributed by atoms with van der Waals surface area (Å²) in [5, 5.41) is 3.47. The van der Waals surface area contributed by atoms with Crippen molar-refractivity contribution in [3.05, 3.63) is 59.2 Å². The van der Waals surface area contributed by atoms with Gasteiger partial charge in [-0.25, -0.2) is 0 Å². The highest BCUT2D eigenvalue weighted by atomic mass is 16.5. The average Bonchev–Trinajstić information content (AvgIpc) is 2.86. The molecule has 19 heavy (non-hydrogen) atoms. The number of rotatable bonds is 4. The summed E-state index contributed by atoms with van der Waals surface area (Å²) in [5.74, 6) is 1.07. The average molecular weight is 253 g/mol. The van der Waals surface area contributed by atoms with Crippen LogP contribution >= 0.6 is 0 Å². The highest BCUT2D eigenvalue weighted by Crippen LogP contribution is 2.26. The fraction of sp³-hybridized carbons (Fsp3) is 0.294. The molecule has 0 amide bonds. The molecule has 2 heteroatoms. The fourth-order valence-corrected chi connectivity index (χ4v) is 2.50. The van der Waals surface area contributed by atoms with E-state index in [0.29, 0.717) is 0 Å². The van der Waals surface area contributed by atoms with Gasteiger partial charge in [-0.2, -0.15) is 0 Å². The Morgan fingerprint density at radius 1 is 1.16 bits per heavy atom. The van der Waals surface area contributed by atoms with E-state index in [0.717, 1.165) is 31.7 Å². The number of ether oxygens (including phenoxy) is 1. The lowest BCUT2D eigenvalue weighted by Gasteiger charge is -2.08. The van der Waals surface area contributed by atoms with Gasteiger partial charge in [-0.1, -0.05) is 24.3 Å². The van der Waals surface area contributed by atoms with Crippen molar-refractivity contribution in [1.82, 2.24) is 0 Å². The van der Waals surface area contributed by atoms with Crippen molar-refractivity contribution in [2.24, 2.45) is 0 Å². The van der Waals surface area contributed by atoms with E-state index in [1.54, 1.807) is 0 Å². The van der Waals surface area contributed by atoms with Gasteiger partial charge in [0.25, 0.3) is 0 Å². The van der Waals surface area contributed by atoms with Crippen molar-refractivity contribution in [2.75, 3.05) is 18.5 Å². The maximum Gasteiger partial charge on any atom is 0.122 e. The zero-order chi connectivity index (χ0) is 13.1. The molecule has 3 rings (SSSR count). The maximum atomic E-state index is 5.52. The Labute approximate surface area is 114 Å². The number of nitrogens with one attached hydrogen (secondary N) is 1. The number of benzene rings is 2. The number of aryl methyl sites for hydroxylation is 1. The summed E-state index contributed by atoms with van der Waals surface area (Å²) < 4.78 is 5.52. The van der Waals surface area contributed by atoms with E-state index in [2.05, 4.69) is 54.7 Å². The Balaban J connectivity index is 1.58. The Hall–Kier alpha value is -1.96. The summed E-state index contributed by atoms with van der Waals surface area (Å²) in [7, 11) is 0. The molecule has 0 fully saturated rings. The van der Waals surface area contributed by atoms with Crippen LogP contribution in [-0.4, -0.2) is 13.2 Å². The molecule has 2 aromatic carbocycles. The van der Waals surface area contributed by atoms with Gasteiger partial charge in [-0.15, -0.1) is 0 Å². The van der Waals surface area contributed by atoms with Crippen LogP contribution in [0.1, 0.15) is 16.7 Å². The molecular formula is C17H19NO. The van der Waals surface area contributed by atoms with Crippen molar-refractivity contribution in [2.45, 2.75) is 19.8 Å². The molecular weight excluding hydrogens is 234 g/mol. The summed E-state index contributed by atoms with van der Waals surface area (Å²) in [5.41, 5.74) is 5.22. The van der Waals surface area contributed by atoms with Crippen molar-refractivity contribution in [3.63, 3.8) is 0 Å². The molecule has 1 aliphatic rings. The predicted molar refractivity (Wildman–Crippen MR) is 79.0 cm³/mol. The molecule has 2 aromatic rings. The summed E-state index contributed by atoms with van der Waals surface area (Å²) in [4.78, 5) is 0. The zero-order valence-electron chi connectivity index (χ0n) is 11.3. The Morgan fingerprint density at radius 3 is 3.00 bits per heavy atom. The summed E-state index contributed by atoms with van der Waals surface area (Å²) >= 11 is 0. The molecule has 0 unspecified atom stereocenters. The number of fused-ring (bicyclic) bond motifs is 1. The predicted octanol–water partition coefficient (Wildman–Crippen LogP) is 3.58. The number of hydrogen-bond donors (Lipinski definition) is 1. The first-order valence-corrected chi connectivity index (χ1v) is 6.86. The van der Waals surface area contributed by atoms with Gasteiger partial charge < -0.3 is 10.1 Å². The molecule has 0 radical (unpaired) electrons. The highest BCUT2D eigenvalue weighted by molar-refractivity contribution is 5.46. The zero-order valence-corrected chi connectivity index (χ0v) is 11.3. The third-order valence-electron chi connectivity index (χ3n) is 3.51. The van der Waals surface area contributed by atoms with Crippen molar-refractivity contribution < 1.29 is 4.74 Å². The molecule has 2 nitrogen and oxygen atoms in total. The minimum Gasteiger partial charge on any atom is -0.493 e. The molecule has 1 aliphatic heterocycles. The first kappa shape index (κ1) is 12.1. The normalized spacial score (nSPS) is 12.9. The smallest absolute Gasteiger partial charge is 0.122 e. The second-order valence-electron chi connectivity index (χ2n) is 5.09. The van der Waals surface area contributed by atoms with Gasteiger partial charge in [-0.3, -0.25) is 0 Å². The molecule has 0 aliphatic carbocycles. The molecule has 0 bridgehead atoms. The Kier molecular flexibility index (Phi) is 3.41. The van der Waals surface area contributed by atoms with Crippen LogP contribution in [0.3, 0.4) is 0 Å². The van der Waals surface area contributed by atoms with Gasteiger partial charge in [0, 0.05) is 18.7 Å². The van der Waals surface area contributed by atoms with E-state index in [4.69, 9.17) is 4.74 Å². The summed E-state index contributed by atoms with van der Waals surface area (Å²) in [6.45, 7) is 3.91. The van der Waals surface area contributed by atoms with Gasteiger partial charge in [0.15, 0.2) is 0 Å². The second-order valence-corrected chi connectivity index (χ2v) is 5.09. The quantitative estimate of drug-likeness (QED) is 0.899. The number of anilines is 1. The third-order valence-corrected chi connectivity index (χ3v) is 3.51. The van der Waals surface area contributed by atoms with Crippen molar-refractivity contribution in [3.8, 4) is 5.75 Å². The van der Waals surface area contributed by atoms with E-state index in [1.165, 1.54) is 22.4 Å². The molecule has 0 atom stereocenters. The van der Waals surface area contributed by atoms with Crippen LogP contribution in [0.4, 0.5) is 5.69 Å². The molecule has 1 heterocycles. The van der Waals surface area contributed by atoms with Crippen LogP contribution in [0, 0.1) is 6.92 Å². The van der Waals surface area contributed by atoms with E-state index < -0.39 is 0 Å². The molecule has 0 spiro atoms. The SMILES string of the molecule is Cc1cccc(NCCc2ccc3c(c2)CCO3)c1. The van der Waals surface area contributed by atoms with Gasteiger partial charge in [0.05, 0.1) is 6.61 Å². The largest absolute Gasteiger partial charge is 0.493 e. The minimum atomic E-state index is 0.834. The molecule has 0 saturated carbocycles. The Bertz CT molecular complexity index is 577. The second kappa shape index (κ2) is 5.35. The van der Waals surface area contributed by atoms with Crippen LogP contribution < -0.4 is 10.1 Å². The van der Waals surface area contributed by atoms with Gasteiger partial charge in [-0.05, 0) is 48.2 Å². The van der Waals surface area contributed by atoms with Crippen LogP contribution in [0.15, 0.2) is 42.5 Å². The van der Waals surface area contributed by atoms with E-state index in [9.17, 15) is 0 Å². The highest BCUT2D eigenvalue weighted by Gasteiger charge is 2.11. The van der Waals surface area contributed by atoms with Crippen LogP contribution in [0.25, 0.3) is 0 Å². The molecule has 0 saturated heterocycles. The van der Waals surface area contributed by atoms with Gasteiger partial charge in [0.2, 0.25) is 0 Å². The van der Waals surface area contributed by atoms with Crippen LogP contribution in [-0.2, 0) is 12.8 Å². The number of hydrogen-bond acceptors (Lipinski definition) is 2. The first-order valence-electron chi connectivity index (χ1n) is 6.86. The first-order chi connectivity index (χ1) is 9.31. The van der Waals surface area contributed by atoms with Crippen molar-refractivity contribution >= 4 is 5.69 Å². The van der Waals surface area contributed by atoms with Crippen molar-refractivity contribution in [1.29, 1.82) is 0 Å². The van der Waals surface area contributed by atoms with Gasteiger partial charge in [0.1, 0.15) is 5.75 Å². The molecule has 98 valence electrons. The molecule has 0 aromatic heterocycles. The summed E-state index contributed by atoms with van der Waals surface area (Å²) in [6, 6.07) is 15.0. The van der Waals surface area contributed by atoms with E-state index in [-0.39, 0.29) is 0 Å². The van der Waals surface area contributed by atoms with E-state index in [1.807, 2.05) is 0 Å². The maximum absolute atomic E-state index is 5.52. The van der Waals surface area contributed by atoms with Crippen LogP contribution in [0.2, 0.25) is 0 Å². The lowest BCUT2D eigenvalue weighted by molar-refractivity contribution is 0.357. The molecule has 1 N–H and O–H groups in total. The lowest BCUT2D eigenvalue weighted by atomic mass is 10.1. The van der Waals surface area contributed by atoms with Gasteiger partial charge >= 0.3 is 0 Å². The van der Waals surface area contributed by atoms with Crippen LogP contribution in [0.5, 0.6) is 5.75 Å². The lowest BCUT2D eigenvalue weighted by Crippen LogP contribution is -2.05. The summed E-state index contributed by atoms with van der Waals surface area (Å²) in [6.07, 6.45) is 2.09. The Morgan fingerprint density at radius 2 is 2.11 bits per heavy atom. The van der Waals surface area contributed by atoms with E-state index >= 15 is 0 Å². The fourth-order valence-electron chi connectivity index (χ4n) is 2.50. The minimum absolute atomic E-state index is 0.834. The topological polar surface area (TPSA) is 21.3 Å².